The van der Waals surface area contributed by atoms with Crippen LogP contribution in [0.15, 0.2) is 53.0 Å². The van der Waals surface area contributed by atoms with Crippen LogP contribution >= 0.6 is 15.9 Å². The summed E-state index contributed by atoms with van der Waals surface area (Å²) in [6.45, 7) is 4.53. The lowest BCUT2D eigenvalue weighted by Crippen LogP contribution is -2.15. The van der Waals surface area contributed by atoms with Crippen LogP contribution in [0.3, 0.4) is 0 Å². The highest BCUT2D eigenvalue weighted by Gasteiger charge is 2.13. The number of amides is 1. The van der Waals surface area contributed by atoms with Crippen LogP contribution in [0.1, 0.15) is 37.7 Å². The van der Waals surface area contributed by atoms with Gasteiger partial charge in [0, 0.05) is 5.56 Å². The van der Waals surface area contributed by atoms with Crippen molar-refractivity contribution in [1.82, 2.24) is 9.78 Å². The number of carbonyl (C=O) groups is 2. The number of hydrogen-bond donors (Lipinski definition) is 2. The van der Waals surface area contributed by atoms with Crippen LogP contribution in [0, 0.1) is 13.8 Å². The van der Waals surface area contributed by atoms with Gasteiger partial charge in [0.2, 0.25) is 0 Å². The zero-order chi connectivity index (χ0) is 19.6. The third kappa shape index (κ3) is 4.09. The molecule has 27 heavy (non-hydrogen) atoms. The number of nitrogens with one attached hydrogen (secondary N) is 1. The Morgan fingerprint density at radius 2 is 1.78 bits per heavy atom. The number of benzene rings is 2. The number of aryl methyl sites for hydroxylation is 1. The molecule has 1 aromatic heterocycles. The summed E-state index contributed by atoms with van der Waals surface area (Å²) >= 11 is 3.51. The quantitative estimate of drug-likeness (QED) is 0.636. The molecule has 0 aliphatic carbocycles. The molecule has 0 radical (unpaired) electrons. The van der Waals surface area contributed by atoms with Crippen molar-refractivity contribution in [2.24, 2.45) is 0 Å². The first-order valence-corrected chi connectivity index (χ1v) is 9.08. The molecule has 0 bridgehead atoms. The second-order valence-corrected chi connectivity index (χ2v) is 6.94. The largest absolute Gasteiger partial charge is 0.478 e. The number of para-hydroxylation sites is 1. The van der Waals surface area contributed by atoms with E-state index in [2.05, 4.69) is 26.3 Å². The zero-order valence-corrected chi connectivity index (χ0v) is 16.4. The molecule has 2 aromatic carbocycles. The van der Waals surface area contributed by atoms with Crippen LogP contribution in [0.5, 0.6) is 0 Å². The predicted octanol–water partition coefficient (Wildman–Crippen LogP) is 4.26. The van der Waals surface area contributed by atoms with Crippen LogP contribution in [0.4, 0.5) is 5.69 Å². The van der Waals surface area contributed by atoms with Gasteiger partial charge in [-0.05, 0) is 59.6 Å². The van der Waals surface area contributed by atoms with Gasteiger partial charge in [-0.3, -0.25) is 9.48 Å². The van der Waals surface area contributed by atoms with Gasteiger partial charge in [0.25, 0.3) is 5.91 Å². The fraction of sp³-hybridized carbons (Fsp3) is 0.150. The summed E-state index contributed by atoms with van der Waals surface area (Å²) in [5.74, 6) is -1.44. The summed E-state index contributed by atoms with van der Waals surface area (Å²) in [6, 6.07) is 13.5. The lowest BCUT2D eigenvalue weighted by atomic mass is 10.1. The van der Waals surface area contributed by atoms with Gasteiger partial charge in [0.1, 0.15) is 0 Å². The van der Waals surface area contributed by atoms with Crippen molar-refractivity contribution >= 4 is 33.5 Å². The third-order valence-corrected chi connectivity index (χ3v) is 5.39. The Bertz CT molecular complexity index is 1010. The SMILES string of the molecule is Cc1nn(Cc2ccc(C(=O)Nc3ccccc3C(=O)O)cc2)c(C)c1Br. The first kappa shape index (κ1) is 18.8. The zero-order valence-electron chi connectivity index (χ0n) is 14.9. The van der Waals surface area contributed by atoms with E-state index in [1.54, 1.807) is 30.3 Å². The Kier molecular flexibility index (Phi) is 5.41. The van der Waals surface area contributed by atoms with E-state index in [4.69, 9.17) is 0 Å². The number of hydrogen-bond acceptors (Lipinski definition) is 3. The highest BCUT2D eigenvalue weighted by atomic mass is 79.9. The molecule has 138 valence electrons. The van der Waals surface area contributed by atoms with Gasteiger partial charge in [-0.15, -0.1) is 0 Å². The van der Waals surface area contributed by atoms with E-state index in [-0.39, 0.29) is 17.2 Å². The smallest absolute Gasteiger partial charge is 0.337 e. The number of aromatic carboxylic acids is 1. The first-order chi connectivity index (χ1) is 12.9. The van der Waals surface area contributed by atoms with Crippen molar-refractivity contribution in [3.63, 3.8) is 0 Å². The fourth-order valence-electron chi connectivity index (χ4n) is 2.74. The summed E-state index contributed by atoms with van der Waals surface area (Å²) in [4.78, 5) is 23.7. The number of nitrogens with zero attached hydrogens (tertiary/aromatic N) is 2. The van der Waals surface area contributed by atoms with E-state index in [9.17, 15) is 14.7 Å². The van der Waals surface area contributed by atoms with E-state index in [0.29, 0.717) is 12.1 Å². The van der Waals surface area contributed by atoms with Gasteiger partial charge in [0.15, 0.2) is 0 Å². The highest BCUT2D eigenvalue weighted by molar-refractivity contribution is 9.10. The number of anilines is 1. The van der Waals surface area contributed by atoms with E-state index >= 15 is 0 Å². The Labute approximate surface area is 165 Å². The van der Waals surface area contributed by atoms with Gasteiger partial charge in [-0.2, -0.15) is 5.10 Å². The second kappa shape index (κ2) is 7.75. The van der Waals surface area contributed by atoms with Gasteiger partial charge in [0.05, 0.1) is 33.7 Å². The fourth-order valence-corrected chi connectivity index (χ4v) is 3.02. The molecular formula is C20H18BrN3O3. The van der Waals surface area contributed by atoms with Gasteiger partial charge >= 0.3 is 5.97 Å². The molecule has 0 aliphatic rings. The number of aromatic nitrogens is 2. The van der Waals surface area contributed by atoms with E-state index < -0.39 is 5.97 Å². The molecule has 0 aliphatic heterocycles. The molecule has 0 spiro atoms. The second-order valence-electron chi connectivity index (χ2n) is 6.14. The minimum Gasteiger partial charge on any atom is -0.478 e. The predicted molar refractivity (Wildman–Crippen MR) is 106 cm³/mol. The first-order valence-electron chi connectivity index (χ1n) is 8.29. The number of carbonyl (C=O) groups excluding carboxylic acids is 1. The number of carboxylic acids is 1. The summed E-state index contributed by atoms with van der Waals surface area (Å²) < 4.78 is 2.90. The van der Waals surface area contributed by atoms with Crippen molar-refractivity contribution in [1.29, 1.82) is 0 Å². The Hall–Kier alpha value is -2.93. The topological polar surface area (TPSA) is 84.2 Å². The van der Waals surface area contributed by atoms with Gasteiger partial charge in [-0.1, -0.05) is 24.3 Å². The Morgan fingerprint density at radius 3 is 2.37 bits per heavy atom. The van der Waals surface area contributed by atoms with E-state index in [1.807, 2.05) is 30.7 Å². The molecule has 3 aromatic rings. The molecule has 0 fully saturated rings. The molecule has 0 saturated heterocycles. The van der Waals surface area contributed by atoms with Crippen molar-refractivity contribution < 1.29 is 14.7 Å². The van der Waals surface area contributed by atoms with Crippen molar-refractivity contribution in [3.05, 3.63) is 81.1 Å². The Balaban J connectivity index is 1.74. The van der Waals surface area contributed by atoms with E-state index in [1.165, 1.54) is 6.07 Å². The minimum absolute atomic E-state index is 0.0533. The molecule has 0 atom stereocenters. The number of rotatable bonds is 5. The third-order valence-electron chi connectivity index (χ3n) is 4.25. The standard InChI is InChI=1S/C20H18BrN3O3/c1-12-18(21)13(2)24(23-12)11-14-7-9-15(10-8-14)19(25)22-17-6-4-3-5-16(17)20(26)27/h3-10H,11H2,1-2H3,(H,22,25)(H,26,27). The maximum atomic E-state index is 12.4. The summed E-state index contributed by atoms with van der Waals surface area (Å²) in [7, 11) is 0. The molecule has 7 heteroatoms. The van der Waals surface area contributed by atoms with Crippen LogP contribution in [-0.4, -0.2) is 26.8 Å². The lowest BCUT2D eigenvalue weighted by molar-refractivity contribution is 0.0698. The van der Waals surface area contributed by atoms with Crippen LogP contribution < -0.4 is 5.32 Å². The maximum Gasteiger partial charge on any atom is 0.337 e. The summed E-state index contributed by atoms with van der Waals surface area (Å²) in [5.41, 5.74) is 3.76. The van der Waals surface area contributed by atoms with Crippen molar-refractivity contribution in [2.75, 3.05) is 5.32 Å². The van der Waals surface area contributed by atoms with E-state index in [0.717, 1.165) is 21.4 Å². The normalized spacial score (nSPS) is 10.6. The molecular weight excluding hydrogens is 410 g/mol. The van der Waals surface area contributed by atoms with Crippen LogP contribution in [0.25, 0.3) is 0 Å². The molecule has 1 amide bonds. The van der Waals surface area contributed by atoms with Crippen molar-refractivity contribution in [3.8, 4) is 0 Å². The van der Waals surface area contributed by atoms with Gasteiger partial charge < -0.3 is 10.4 Å². The summed E-state index contributed by atoms with van der Waals surface area (Å²) in [6.07, 6.45) is 0. The van der Waals surface area contributed by atoms with Crippen LogP contribution in [-0.2, 0) is 6.54 Å². The molecule has 1 heterocycles. The molecule has 3 rings (SSSR count). The minimum atomic E-state index is -1.09. The molecule has 0 unspecified atom stereocenters. The molecule has 6 nitrogen and oxygen atoms in total. The molecule has 0 saturated carbocycles. The highest BCUT2D eigenvalue weighted by Crippen LogP contribution is 2.21. The maximum absolute atomic E-state index is 12.4. The lowest BCUT2D eigenvalue weighted by Gasteiger charge is -2.09. The number of carboxylic acid groups (broad SMARTS) is 1. The average Bonchev–Trinajstić information content (AvgIpc) is 2.89. The number of halogens is 1. The van der Waals surface area contributed by atoms with Crippen molar-refractivity contribution in [2.45, 2.75) is 20.4 Å². The van der Waals surface area contributed by atoms with Gasteiger partial charge in [-0.25, -0.2) is 4.79 Å². The monoisotopic (exact) mass is 427 g/mol. The van der Waals surface area contributed by atoms with Crippen LogP contribution in [0.2, 0.25) is 0 Å². The Morgan fingerprint density at radius 1 is 1.11 bits per heavy atom. The summed E-state index contributed by atoms with van der Waals surface area (Å²) in [5, 5.41) is 16.3. The molecule has 2 N–H and O–H groups in total. The average molecular weight is 428 g/mol.